The first-order chi connectivity index (χ1) is 15.1. The lowest BCUT2D eigenvalue weighted by molar-refractivity contribution is -0.341. The topological polar surface area (TPSA) is 696 Å². The van der Waals surface area contributed by atoms with Crippen molar-refractivity contribution in [2.24, 2.45) is 0 Å². The van der Waals surface area contributed by atoms with E-state index < -0.39 is 62.6 Å². The molecule has 0 aliphatic carbocycles. The molecule has 0 spiro atoms. The average Bonchev–Trinajstić information content (AvgIpc) is 2.45. The zero-order valence-corrected chi connectivity index (χ0v) is 30.9. The summed E-state index contributed by atoms with van der Waals surface area (Å²) in [6, 6.07) is 0. The first-order valence-electron chi connectivity index (χ1n) is 6.66. The third-order valence-electron chi connectivity index (χ3n) is 1.85. The molecule has 33 nitrogen and oxygen atoms in total. The first kappa shape index (κ1) is 66.3. The Morgan fingerprint density at radius 3 is 0.674 bits per heavy atom. The molecule has 0 amide bonds. The molecule has 6 atom stereocenters. The smallest absolute Gasteiger partial charge is 0.496 e. The van der Waals surface area contributed by atoms with Crippen molar-refractivity contribution in [3.8, 4) is 0 Å². The van der Waals surface area contributed by atoms with Crippen LogP contribution in [0.4, 0.5) is 0 Å². The number of hydrogen-bond donors (Lipinski definition) is 8. The van der Waals surface area contributed by atoms with E-state index in [2.05, 4.69) is 39.2 Å². The van der Waals surface area contributed by atoms with E-state index in [4.69, 9.17) is 0 Å². The van der Waals surface area contributed by atoms with Crippen LogP contribution in [-0.4, -0.2) is 14.2 Å². The van der Waals surface area contributed by atoms with Crippen molar-refractivity contribution in [2.75, 3.05) is 14.2 Å². The van der Waals surface area contributed by atoms with Gasteiger partial charge in [0.2, 0.25) is 0 Å². The summed E-state index contributed by atoms with van der Waals surface area (Å²) in [5, 5.41) is 0. The van der Waals surface area contributed by atoms with Gasteiger partial charge in [0, 0.05) is 14.2 Å². The lowest BCUT2D eigenvalue weighted by Gasteiger charge is -2.38. The number of phosphoric acid groups is 8. The SMILES string of the molecule is COP(=O)([O-])OP(=O)(OP(=O)([O-])OP(=O)([O-])[O-])OP(=O)(OP(=O)([O-])OC)OP(=O)([O-])OP(=O)([O-])[O-].[NH4+].[NH4+].[NH4+].[NH4+].[NH4+].[NH4+].[NH4+].[NH4+]. The number of hydrogen-bond acceptors (Lipinski definition) is 25. The highest BCUT2D eigenvalue weighted by atomic mass is 31.3. The first-order valence-corrected chi connectivity index (χ1v) is 18.3. The quantitative estimate of drug-likeness (QED) is 0.0879. The Morgan fingerprint density at radius 2 is 0.512 bits per heavy atom. The van der Waals surface area contributed by atoms with Gasteiger partial charge in [-0.25, -0.2) is 26.4 Å². The zero-order valence-electron chi connectivity index (χ0n) is 23.8. The van der Waals surface area contributed by atoms with E-state index in [0.717, 1.165) is 0 Å². The number of quaternary nitrogens is 8. The van der Waals surface area contributed by atoms with Gasteiger partial charge in [-0.2, -0.15) is 4.31 Å². The molecule has 0 saturated carbocycles. The van der Waals surface area contributed by atoms with Gasteiger partial charge in [0.1, 0.15) is 0 Å². The highest BCUT2D eigenvalue weighted by molar-refractivity contribution is 7.76. The third-order valence-corrected chi connectivity index (χ3v) is 13.9. The molecule has 0 saturated heterocycles. The van der Waals surface area contributed by atoms with Crippen LogP contribution in [0.3, 0.4) is 0 Å². The molecule has 276 valence electrons. The van der Waals surface area contributed by atoms with Gasteiger partial charge in [-0.3, -0.25) is 26.9 Å². The van der Waals surface area contributed by atoms with Gasteiger partial charge in [0.05, 0.1) is 15.6 Å². The molecular formula is C2H38N8O25P8. The Labute approximate surface area is 241 Å². The van der Waals surface area contributed by atoms with Crippen LogP contribution in [0.2, 0.25) is 0 Å². The van der Waals surface area contributed by atoms with E-state index >= 15 is 0 Å². The average molecular weight is 822 g/mol. The minimum Gasteiger partial charge on any atom is -0.790 e. The van der Waals surface area contributed by atoms with Crippen LogP contribution >= 0.6 is 62.6 Å². The van der Waals surface area contributed by atoms with Crippen LogP contribution in [-0.2, 0) is 75.7 Å². The highest BCUT2D eigenvalue weighted by Gasteiger charge is 2.49. The molecule has 0 bridgehead atoms. The summed E-state index contributed by atoms with van der Waals surface area (Å²) in [6.07, 6.45) is 0. The molecule has 0 heterocycles. The maximum Gasteiger partial charge on any atom is 0.496 e. The van der Waals surface area contributed by atoms with E-state index in [9.17, 15) is 75.7 Å². The molecule has 0 aromatic rings. The summed E-state index contributed by atoms with van der Waals surface area (Å²) in [4.78, 5) is 87.2. The van der Waals surface area contributed by atoms with Gasteiger partial charge in [-0.1, -0.05) is 0 Å². The molecule has 43 heavy (non-hydrogen) atoms. The van der Waals surface area contributed by atoms with Crippen LogP contribution in [0.5, 0.6) is 0 Å². The fourth-order valence-corrected chi connectivity index (χ4v) is 11.5. The molecule has 0 aromatic carbocycles. The Bertz CT molecular complexity index is 1070. The van der Waals surface area contributed by atoms with Crippen molar-refractivity contribution in [3.05, 3.63) is 0 Å². The second-order valence-electron chi connectivity index (χ2n) is 4.51. The molecule has 0 aromatic heterocycles. The van der Waals surface area contributed by atoms with Crippen molar-refractivity contribution >= 4 is 62.6 Å². The van der Waals surface area contributed by atoms with Gasteiger partial charge in [-0.05, 0) is 0 Å². The second kappa shape index (κ2) is 22.4. The van der Waals surface area contributed by atoms with Gasteiger partial charge in [0.15, 0.2) is 0 Å². The van der Waals surface area contributed by atoms with Crippen LogP contribution < -0.4 is 88.4 Å². The predicted octanol–water partition coefficient (Wildman–Crippen LogP) is -0.848. The van der Waals surface area contributed by atoms with E-state index in [0.29, 0.717) is 0 Å². The Kier molecular flexibility index (Phi) is 34.6. The summed E-state index contributed by atoms with van der Waals surface area (Å²) in [6.45, 7) is 0. The Hall–Kier alpha value is 0.840. The normalized spacial score (nSPS) is 19.2. The monoisotopic (exact) mass is 822 g/mol. The standard InChI is InChI=1S/C2H14O25P8.8H3N/c1-19-30(9,10)23-34(17,25-32(13,14)21-28(3,4)5)27-35(18,24-31(11,12)20-2)26-33(15,16)22-29(6,7)8;;;;;;;;/h1-2H3,(H,9,10)(H,11,12)(H,13,14)(H,15,16)(H2,3,4,5)(H2,6,7,8);8*1H3. The fourth-order valence-electron chi connectivity index (χ4n) is 1.04. The van der Waals surface area contributed by atoms with Crippen LogP contribution in [0.1, 0.15) is 0 Å². The molecule has 0 aliphatic heterocycles. The molecule has 0 radical (unpaired) electrons. The van der Waals surface area contributed by atoms with Crippen molar-refractivity contribution in [2.45, 2.75) is 0 Å². The summed E-state index contributed by atoms with van der Waals surface area (Å²) >= 11 is 0. The molecular weight excluding hydrogens is 784 g/mol. The van der Waals surface area contributed by atoms with Gasteiger partial charge >= 0.3 is 15.6 Å². The highest BCUT2D eigenvalue weighted by Crippen LogP contribution is 2.80. The zero-order chi connectivity index (χ0) is 28.4. The van der Waals surface area contributed by atoms with E-state index in [1.165, 1.54) is 0 Å². The predicted molar refractivity (Wildman–Crippen MR) is 130 cm³/mol. The molecule has 0 aliphatic rings. The van der Waals surface area contributed by atoms with Gasteiger partial charge < -0.3 is 107 Å². The maximum atomic E-state index is 12.4. The minimum atomic E-state index is -7.09. The molecule has 0 fully saturated rings. The molecule has 32 N–H and O–H groups in total. The van der Waals surface area contributed by atoms with Crippen molar-refractivity contribution in [1.29, 1.82) is 0 Å². The molecule has 6 unspecified atom stereocenters. The van der Waals surface area contributed by atoms with Crippen molar-refractivity contribution < 1.29 is 115 Å². The van der Waals surface area contributed by atoms with Crippen molar-refractivity contribution in [1.82, 2.24) is 49.2 Å². The van der Waals surface area contributed by atoms with Crippen LogP contribution in [0.25, 0.3) is 0 Å². The van der Waals surface area contributed by atoms with Gasteiger partial charge in [-0.15, -0.1) is 0 Å². The Balaban J connectivity index is -0.000000206. The molecule has 0 rings (SSSR count). The lowest BCUT2D eigenvalue weighted by atomic mass is 11.8. The fraction of sp³-hybridized carbons (Fsp3) is 1.00. The lowest BCUT2D eigenvalue weighted by Crippen LogP contribution is -2.20. The Morgan fingerprint density at radius 1 is 0.326 bits per heavy atom. The summed E-state index contributed by atoms with van der Waals surface area (Å²) in [5.41, 5.74) is 0. The summed E-state index contributed by atoms with van der Waals surface area (Å²) in [7, 11) is -53.4. The maximum absolute atomic E-state index is 12.4. The number of rotatable bonds is 16. The largest absolute Gasteiger partial charge is 0.790 e. The third kappa shape index (κ3) is 30.0. The summed E-state index contributed by atoms with van der Waals surface area (Å²) < 4.78 is 120. The second-order valence-corrected chi connectivity index (χ2v) is 17.0. The minimum absolute atomic E-state index is 0. The van der Waals surface area contributed by atoms with Crippen molar-refractivity contribution in [3.63, 3.8) is 0 Å². The molecule has 41 heteroatoms. The van der Waals surface area contributed by atoms with Crippen LogP contribution in [0, 0.1) is 0 Å². The van der Waals surface area contributed by atoms with E-state index in [1.54, 1.807) is 0 Å². The van der Waals surface area contributed by atoms with Crippen LogP contribution in [0.15, 0.2) is 0 Å². The number of phosphoric ester groups is 2. The van der Waals surface area contributed by atoms with Gasteiger partial charge in [0.25, 0.3) is 31.3 Å². The summed E-state index contributed by atoms with van der Waals surface area (Å²) in [5.74, 6) is 0. The van der Waals surface area contributed by atoms with E-state index in [1.807, 2.05) is 0 Å². The van der Waals surface area contributed by atoms with E-state index in [-0.39, 0.29) is 63.4 Å².